The zero-order chi connectivity index (χ0) is 16.0. The second-order valence-corrected chi connectivity index (χ2v) is 6.88. The van der Waals surface area contributed by atoms with Crippen molar-refractivity contribution in [2.24, 2.45) is 0 Å². The Morgan fingerprint density at radius 2 is 2.13 bits per heavy atom. The molecule has 1 aromatic heterocycles. The summed E-state index contributed by atoms with van der Waals surface area (Å²) in [5.74, 6) is 0.921. The second-order valence-electron chi connectivity index (χ2n) is 6.44. The van der Waals surface area contributed by atoms with Crippen molar-refractivity contribution in [3.63, 3.8) is 0 Å². The van der Waals surface area contributed by atoms with Crippen molar-refractivity contribution in [2.45, 2.75) is 18.4 Å². The fourth-order valence-electron chi connectivity index (χ4n) is 3.56. The molecule has 1 spiro atoms. The number of pyridine rings is 1. The Bertz CT molecular complexity index is 782. The van der Waals surface area contributed by atoms with Crippen LogP contribution in [-0.4, -0.2) is 48.3 Å². The molecule has 0 saturated carbocycles. The molecular weight excluding hydrogens is 314 g/mol. The van der Waals surface area contributed by atoms with Crippen LogP contribution >= 0.6 is 11.6 Å². The highest BCUT2D eigenvalue weighted by Gasteiger charge is 2.46. The molecule has 5 nitrogen and oxygen atoms in total. The minimum atomic E-state index is -0.402. The van der Waals surface area contributed by atoms with E-state index in [1.54, 1.807) is 11.9 Å². The van der Waals surface area contributed by atoms with Crippen molar-refractivity contribution in [1.82, 2.24) is 9.88 Å². The van der Waals surface area contributed by atoms with E-state index >= 15 is 0 Å². The Kier molecular flexibility index (Phi) is 3.34. The number of nitrogens with zero attached hydrogens (tertiary/aromatic N) is 3. The Morgan fingerprint density at radius 3 is 2.91 bits per heavy atom. The maximum absolute atomic E-state index is 11.8. The highest BCUT2D eigenvalue weighted by Crippen LogP contribution is 2.33. The van der Waals surface area contributed by atoms with E-state index in [9.17, 15) is 4.79 Å². The molecule has 4 rings (SSSR count). The largest absolute Gasteiger partial charge is 0.439 e. The van der Waals surface area contributed by atoms with Gasteiger partial charge in [0, 0.05) is 24.0 Å². The fraction of sp³-hybridized carbons (Fsp3) is 0.412. The molecule has 0 bridgehead atoms. The summed E-state index contributed by atoms with van der Waals surface area (Å²) >= 11 is 6.03. The molecule has 6 heteroatoms. The van der Waals surface area contributed by atoms with Crippen LogP contribution in [-0.2, 0) is 4.74 Å². The lowest BCUT2D eigenvalue weighted by atomic mass is 9.93. The number of amides is 1. The van der Waals surface area contributed by atoms with E-state index in [0.717, 1.165) is 36.1 Å². The van der Waals surface area contributed by atoms with Gasteiger partial charge >= 0.3 is 6.09 Å². The monoisotopic (exact) mass is 331 g/mol. The van der Waals surface area contributed by atoms with E-state index in [-0.39, 0.29) is 6.09 Å². The third-order valence-electron chi connectivity index (χ3n) is 4.64. The summed E-state index contributed by atoms with van der Waals surface area (Å²) in [6.45, 7) is 2.26. The molecule has 2 saturated heterocycles. The van der Waals surface area contributed by atoms with Crippen LogP contribution in [0.25, 0.3) is 10.9 Å². The number of hydrogen-bond donors (Lipinski definition) is 0. The third kappa shape index (κ3) is 2.59. The molecular formula is C17H18ClN3O2. The molecule has 3 heterocycles. The summed E-state index contributed by atoms with van der Waals surface area (Å²) in [4.78, 5) is 20.4. The SMILES string of the molecule is CN1C[C@@]2(CCCN(c3ccc4cc(Cl)ccc4n3)C2)OC1=O. The van der Waals surface area contributed by atoms with Gasteiger partial charge in [-0.05, 0) is 43.2 Å². The summed E-state index contributed by atoms with van der Waals surface area (Å²) < 4.78 is 5.66. The molecule has 1 atom stereocenters. The third-order valence-corrected chi connectivity index (χ3v) is 4.88. The number of fused-ring (bicyclic) bond motifs is 1. The predicted octanol–water partition coefficient (Wildman–Crippen LogP) is 3.31. The summed E-state index contributed by atoms with van der Waals surface area (Å²) in [5.41, 5.74) is 0.521. The van der Waals surface area contributed by atoms with Crippen molar-refractivity contribution in [2.75, 3.05) is 31.6 Å². The predicted molar refractivity (Wildman–Crippen MR) is 90.0 cm³/mol. The maximum atomic E-state index is 11.8. The number of piperidine rings is 1. The van der Waals surface area contributed by atoms with Crippen LogP contribution in [0.1, 0.15) is 12.8 Å². The van der Waals surface area contributed by atoms with Gasteiger partial charge in [0.1, 0.15) is 11.4 Å². The lowest BCUT2D eigenvalue weighted by molar-refractivity contribution is 0.0445. The maximum Gasteiger partial charge on any atom is 0.410 e. The minimum absolute atomic E-state index is 0.229. The van der Waals surface area contributed by atoms with Crippen LogP contribution in [0, 0.1) is 0 Å². The smallest absolute Gasteiger partial charge is 0.410 e. The van der Waals surface area contributed by atoms with E-state index in [0.29, 0.717) is 18.1 Å². The zero-order valence-corrected chi connectivity index (χ0v) is 13.7. The van der Waals surface area contributed by atoms with Crippen LogP contribution in [0.5, 0.6) is 0 Å². The van der Waals surface area contributed by atoms with Gasteiger partial charge in [-0.3, -0.25) is 0 Å². The van der Waals surface area contributed by atoms with E-state index in [1.165, 1.54) is 0 Å². The molecule has 1 aromatic carbocycles. The summed E-state index contributed by atoms with van der Waals surface area (Å²) in [5, 5.41) is 1.74. The molecule has 0 N–H and O–H groups in total. The first kappa shape index (κ1) is 14.6. The lowest BCUT2D eigenvalue weighted by Crippen LogP contribution is -2.50. The lowest BCUT2D eigenvalue weighted by Gasteiger charge is -2.39. The first-order valence-electron chi connectivity index (χ1n) is 7.80. The van der Waals surface area contributed by atoms with E-state index < -0.39 is 5.60 Å². The second kappa shape index (κ2) is 5.27. The number of carbonyl (C=O) groups excluding carboxylic acids is 1. The van der Waals surface area contributed by atoms with Gasteiger partial charge in [0.25, 0.3) is 0 Å². The van der Waals surface area contributed by atoms with Gasteiger partial charge in [-0.1, -0.05) is 11.6 Å². The molecule has 0 unspecified atom stereocenters. The highest BCUT2D eigenvalue weighted by atomic mass is 35.5. The van der Waals surface area contributed by atoms with Crippen molar-refractivity contribution in [3.8, 4) is 0 Å². The molecule has 0 radical (unpaired) electrons. The topological polar surface area (TPSA) is 45.7 Å². The van der Waals surface area contributed by atoms with Crippen molar-refractivity contribution in [1.29, 1.82) is 0 Å². The normalized spacial score (nSPS) is 24.5. The summed E-state index contributed by atoms with van der Waals surface area (Å²) in [7, 11) is 1.79. The highest BCUT2D eigenvalue weighted by molar-refractivity contribution is 6.31. The van der Waals surface area contributed by atoms with Crippen molar-refractivity contribution >= 4 is 34.4 Å². The number of halogens is 1. The average molecular weight is 332 g/mol. The number of hydrogen-bond acceptors (Lipinski definition) is 4. The van der Waals surface area contributed by atoms with Gasteiger partial charge in [-0.15, -0.1) is 0 Å². The molecule has 1 amide bonds. The number of ether oxygens (including phenoxy) is 1. The molecule has 2 fully saturated rings. The van der Waals surface area contributed by atoms with Gasteiger partial charge in [0.05, 0.1) is 18.6 Å². The quantitative estimate of drug-likeness (QED) is 0.804. The Balaban J connectivity index is 1.62. The Hall–Kier alpha value is -2.01. The van der Waals surface area contributed by atoms with Gasteiger partial charge in [-0.2, -0.15) is 0 Å². The molecule has 2 aromatic rings. The standard InChI is InChI=1S/C17H18ClN3O2/c1-20-10-17(23-16(20)22)7-2-8-21(11-17)15-6-3-12-9-13(18)4-5-14(12)19-15/h3-6,9H,2,7-8,10-11H2,1H3/t17-/m1/s1. The zero-order valence-electron chi connectivity index (χ0n) is 13.0. The number of carbonyl (C=O) groups is 1. The first-order chi connectivity index (χ1) is 11.0. The molecule has 120 valence electrons. The molecule has 0 aliphatic carbocycles. The van der Waals surface area contributed by atoms with Gasteiger partial charge < -0.3 is 14.5 Å². The number of rotatable bonds is 1. The minimum Gasteiger partial charge on any atom is -0.439 e. The van der Waals surface area contributed by atoms with Crippen LogP contribution in [0.15, 0.2) is 30.3 Å². The Morgan fingerprint density at radius 1 is 1.26 bits per heavy atom. The summed E-state index contributed by atoms with van der Waals surface area (Å²) in [6.07, 6.45) is 1.66. The molecule has 23 heavy (non-hydrogen) atoms. The number of likely N-dealkylation sites (N-methyl/N-ethyl adjacent to an activating group) is 1. The molecule has 2 aliphatic rings. The fourth-order valence-corrected chi connectivity index (χ4v) is 3.74. The van der Waals surface area contributed by atoms with E-state index in [1.807, 2.05) is 30.3 Å². The Labute approximate surface area is 139 Å². The van der Waals surface area contributed by atoms with Crippen LogP contribution in [0.2, 0.25) is 5.02 Å². The number of anilines is 1. The van der Waals surface area contributed by atoms with Crippen LogP contribution in [0.4, 0.5) is 10.6 Å². The van der Waals surface area contributed by atoms with Gasteiger partial charge in [0.15, 0.2) is 0 Å². The first-order valence-corrected chi connectivity index (χ1v) is 8.18. The number of benzene rings is 1. The average Bonchev–Trinajstić information content (AvgIpc) is 2.80. The van der Waals surface area contributed by atoms with Crippen molar-refractivity contribution in [3.05, 3.63) is 35.4 Å². The number of aromatic nitrogens is 1. The molecule has 2 aliphatic heterocycles. The van der Waals surface area contributed by atoms with E-state index in [2.05, 4.69) is 4.90 Å². The van der Waals surface area contributed by atoms with Gasteiger partial charge in [-0.25, -0.2) is 9.78 Å². The van der Waals surface area contributed by atoms with Crippen LogP contribution < -0.4 is 4.90 Å². The van der Waals surface area contributed by atoms with Crippen molar-refractivity contribution < 1.29 is 9.53 Å². The summed E-state index contributed by atoms with van der Waals surface area (Å²) in [6, 6.07) is 9.76. The van der Waals surface area contributed by atoms with Gasteiger partial charge in [0.2, 0.25) is 0 Å². The van der Waals surface area contributed by atoms with Crippen LogP contribution in [0.3, 0.4) is 0 Å². The van der Waals surface area contributed by atoms with E-state index in [4.69, 9.17) is 21.3 Å².